The Kier molecular flexibility index (Phi) is 4.18. The molecule has 0 aliphatic carbocycles. The highest BCUT2D eigenvalue weighted by Gasteiger charge is 2.14. The first-order chi connectivity index (χ1) is 9.01. The molecule has 0 atom stereocenters. The van der Waals surface area contributed by atoms with E-state index in [4.69, 9.17) is 0 Å². The predicted molar refractivity (Wildman–Crippen MR) is 76.9 cm³/mol. The molecule has 2 N–H and O–H groups in total. The summed E-state index contributed by atoms with van der Waals surface area (Å²) in [5.41, 5.74) is 0. The third kappa shape index (κ3) is 3.52. The van der Waals surface area contributed by atoms with Gasteiger partial charge in [-0.05, 0) is 25.1 Å². The van der Waals surface area contributed by atoms with Crippen LogP contribution in [0.25, 0.3) is 0 Å². The Morgan fingerprint density at radius 1 is 1.32 bits per heavy atom. The fraction of sp³-hybridized carbons (Fsp3) is 0.250. The number of aromatic nitrogens is 1. The van der Waals surface area contributed by atoms with Crippen molar-refractivity contribution in [1.82, 2.24) is 9.71 Å². The van der Waals surface area contributed by atoms with Crippen LogP contribution in [0.2, 0.25) is 0 Å². The lowest BCUT2D eigenvalue weighted by atomic mass is 10.4. The fourth-order valence-corrected chi connectivity index (χ4v) is 3.49. The maximum absolute atomic E-state index is 12.1. The molecule has 0 bridgehead atoms. The van der Waals surface area contributed by atoms with Crippen LogP contribution in [0, 0.1) is 6.92 Å². The van der Waals surface area contributed by atoms with Crippen LogP contribution in [0.4, 0.5) is 5.82 Å². The second-order valence-electron chi connectivity index (χ2n) is 3.96. The number of nitrogens with zero attached hydrogens (tertiary/aromatic N) is 1. The quantitative estimate of drug-likeness (QED) is 0.885. The van der Waals surface area contributed by atoms with Gasteiger partial charge in [0, 0.05) is 35.6 Å². The molecule has 2 aromatic heterocycles. The number of aryl methyl sites for hydroxylation is 1. The monoisotopic (exact) mass is 297 g/mol. The maximum Gasteiger partial charge on any atom is 0.241 e. The zero-order valence-corrected chi connectivity index (χ0v) is 12.3. The number of pyridine rings is 1. The van der Waals surface area contributed by atoms with Crippen LogP contribution in [-0.2, 0) is 16.6 Å². The van der Waals surface area contributed by atoms with Gasteiger partial charge in [0.05, 0.1) is 4.90 Å². The normalized spacial score (nSPS) is 11.5. The number of sulfonamides is 1. The zero-order valence-electron chi connectivity index (χ0n) is 10.7. The Balaban J connectivity index is 2.13. The van der Waals surface area contributed by atoms with Crippen molar-refractivity contribution in [3.05, 3.63) is 40.2 Å². The van der Waals surface area contributed by atoms with E-state index in [0.29, 0.717) is 12.4 Å². The molecule has 0 amide bonds. The third-order valence-electron chi connectivity index (χ3n) is 2.53. The molecule has 0 aliphatic heterocycles. The number of anilines is 1. The molecule has 19 heavy (non-hydrogen) atoms. The van der Waals surface area contributed by atoms with Crippen molar-refractivity contribution in [3.8, 4) is 0 Å². The van der Waals surface area contributed by atoms with Crippen molar-refractivity contribution >= 4 is 27.2 Å². The molecule has 2 aromatic rings. The van der Waals surface area contributed by atoms with Gasteiger partial charge in [0.15, 0.2) is 0 Å². The van der Waals surface area contributed by atoms with Crippen LogP contribution in [0.5, 0.6) is 0 Å². The molecule has 0 spiro atoms. The van der Waals surface area contributed by atoms with Gasteiger partial charge in [0.1, 0.15) is 5.82 Å². The lowest BCUT2D eigenvalue weighted by Crippen LogP contribution is -2.23. The molecule has 0 aromatic carbocycles. The average Bonchev–Trinajstić information content (AvgIpc) is 2.82. The van der Waals surface area contributed by atoms with Crippen LogP contribution in [0.3, 0.4) is 0 Å². The Bertz CT molecular complexity index is 665. The highest BCUT2D eigenvalue weighted by Crippen LogP contribution is 2.17. The molecule has 2 heterocycles. The molecule has 0 unspecified atom stereocenters. The SMILES string of the molecule is CNc1cc(S(=O)(=O)NCc2ccc(C)s2)ccn1. The van der Waals surface area contributed by atoms with Crippen molar-refractivity contribution in [3.63, 3.8) is 0 Å². The number of thiophene rings is 1. The van der Waals surface area contributed by atoms with Crippen molar-refractivity contribution in [2.24, 2.45) is 0 Å². The van der Waals surface area contributed by atoms with Crippen LogP contribution < -0.4 is 10.0 Å². The van der Waals surface area contributed by atoms with Crippen molar-refractivity contribution < 1.29 is 8.42 Å². The minimum Gasteiger partial charge on any atom is -0.373 e. The predicted octanol–water partition coefficient (Wildman–Crippen LogP) is 1.97. The second kappa shape index (κ2) is 5.68. The first-order valence-electron chi connectivity index (χ1n) is 5.70. The lowest BCUT2D eigenvalue weighted by molar-refractivity contribution is 0.581. The Morgan fingerprint density at radius 2 is 2.11 bits per heavy atom. The summed E-state index contributed by atoms with van der Waals surface area (Å²) in [6.07, 6.45) is 1.47. The summed E-state index contributed by atoms with van der Waals surface area (Å²) >= 11 is 1.58. The summed E-state index contributed by atoms with van der Waals surface area (Å²) in [6, 6.07) is 6.87. The molecule has 0 aliphatic rings. The van der Waals surface area contributed by atoms with E-state index in [1.54, 1.807) is 18.4 Å². The third-order valence-corrected chi connectivity index (χ3v) is 4.93. The highest BCUT2D eigenvalue weighted by molar-refractivity contribution is 7.89. The van der Waals surface area contributed by atoms with E-state index in [9.17, 15) is 8.42 Å². The van der Waals surface area contributed by atoms with E-state index >= 15 is 0 Å². The molecule has 102 valence electrons. The standard InChI is InChI=1S/C12H15N3O2S2/c1-9-3-4-10(18-9)8-15-19(16,17)11-5-6-14-12(7-11)13-2/h3-7,15H,8H2,1-2H3,(H,13,14). The van der Waals surface area contributed by atoms with E-state index in [1.165, 1.54) is 18.3 Å². The summed E-state index contributed by atoms with van der Waals surface area (Å²) in [7, 11) is -1.81. The second-order valence-corrected chi connectivity index (χ2v) is 7.10. The van der Waals surface area contributed by atoms with E-state index in [1.807, 2.05) is 19.1 Å². The first-order valence-corrected chi connectivity index (χ1v) is 8.00. The van der Waals surface area contributed by atoms with Gasteiger partial charge in [-0.25, -0.2) is 18.1 Å². The molecule has 5 nitrogen and oxygen atoms in total. The number of rotatable bonds is 5. The Labute approximate surface area is 116 Å². The van der Waals surface area contributed by atoms with Gasteiger partial charge in [0.25, 0.3) is 0 Å². The zero-order chi connectivity index (χ0) is 13.9. The van der Waals surface area contributed by atoms with Gasteiger partial charge >= 0.3 is 0 Å². The first kappa shape index (κ1) is 14.0. The molecule has 0 saturated heterocycles. The van der Waals surface area contributed by atoms with E-state index in [0.717, 1.165) is 9.75 Å². The van der Waals surface area contributed by atoms with Gasteiger partial charge in [-0.3, -0.25) is 0 Å². The summed E-state index contributed by atoms with van der Waals surface area (Å²) in [5, 5.41) is 2.82. The molecular weight excluding hydrogens is 282 g/mol. The topological polar surface area (TPSA) is 71.1 Å². The number of hydrogen-bond donors (Lipinski definition) is 2. The van der Waals surface area contributed by atoms with Gasteiger partial charge in [-0.15, -0.1) is 11.3 Å². The van der Waals surface area contributed by atoms with Crippen molar-refractivity contribution in [2.75, 3.05) is 12.4 Å². The van der Waals surface area contributed by atoms with Crippen LogP contribution in [0.1, 0.15) is 9.75 Å². The summed E-state index contributed by atoms with van der Waals surface area (Å²) in [6.45, 7) is 2.29. The Morgan fingerprint density at radius 3 is 2.74 bits per heavy atom. The van der Waals surface area contributed by atoms with Crippen molar-refractivity contribution in [2.45, 2.75) is 18.4 Å². The molecule has 0 saturated carbocycles. The molecule has 2 rings (SSSR count). The lowest BCUT2D eigenvalue weighted by Gasteiger charge is -2.07. The van der Waals surface area contributed by atoms with Gasteiger partial charge in [-0.2, -0.15) is 0 Å². The smallest absolute Gasteiger partial charge is 0.241 e. The van der Waals surface area contributed by atoms with Gasteiger partial charge in [-0.1, -0.05) is 0 Å². The van der Waals surface area contributed by atoms with E-state index in [2.05, 4.69) is 15.0 Å². The van der Waals surface area contributed by atoms with E-state index in [-0.39, 0.29) is 4.90 Å². The van der Waals surface area contributed by atoms with Crippen LogP contribution in [0.15, 0.2) is 35.4 Å². The van der Waals surface area contributed by atoms with Gasteiger partial charge in [0.2, 0.25) is 10.0 Å². The summed E-state index contributed by atoms with van der Waals surface area (Å²) in [5.74, 6) is 0.523. The fourth-order valence-electron chi connectivity index (χ4n) is 1.54. The molecule has 0 radical (unpaired) electrons. The Hall–Kier alpha value is -1.44. The maximum atomic E-state index is 12.1. The average molecular weight is 297 g/mol. The van der Waals surface area contributed by atoms with Crippen LogP contribution in [-0.4, -0.2) is 20.4 Å². The minimum atomic E-state index is -3.51. The van der Waals surface area contributed by atoms with Crippen molar-refractivity contribution in [1.29, 1.82) is 0 Å². The van der Waals surface area contributed by atoms with Crippen LogP contribution >= 0.6 is 11.3 Å². The molecule has 7 heteroatoms. The molecular formula is C12H15N3O2S2. The van der Waals surface area contributed by atoms with Gasteiger partial charge < -0.3 is 5.32 Å². The summed E-state index contributed by atoms with van der Waals surface area (Å²) < 4.78 is 26.8. The minimum absolute atomic E-state index is 0.208. The molecule has 0 fully saturated rings. The van der Waals surface area contributed by atoms with E-state index < -0.39 is 10.0 Å². The highest BCUT2D eigenvalue weighted by atomic mass is 32.2. The summed E-state index contributed by atoms with van der Waals surface area (Å²) in [4.78, 5) is 6.35. The number of nitrogens with one attached hydrogen (secondary N) is 2. The number of hydrogen-bond acceptors (Lipinski definition) is 5. The largest absolute Gasteiger partial charge is 0.373 e.